The minimum atomic E-state index is 0.152. The van der Waals surface area contributed by atoms with Crippen LogP contribution in [0.25, 0.3) is 0 Å². The van der Waals surface area contributed by atoms with Crippen molar-refractivity contribution in [1.29, 1.82) is 0 Å². The highest BCUT2D eigenvalue weighted by molar-refractivity contribution is 5.45. The molecule has 1 aromatic carbocycles. The lowest BCUT2D eigenvalue weighted by Crippen LogP contribution is -2.42. The number of likely N-dealkylation sites (tertiary alicyclic amines) is 2. The molecule has 0 amide bonds. The van der Waals surface area contributed by atoms with Gasteiger partial charge in [-0.15, -0.1) is 0 Å². The summed E-state index contributed by atoms with van der Waals surface area (Å²) in [6, 6.07) is 11.3. The van der Waals surface area contributed by atoms with Gasteiger partial charge < -0.3 is 9.64 Å². The summed E-state index contributed by atoms with van der Waals surface area (Å²) < 4.78 is 6.94. The SMILES string of the molecule is C=C(CCCN1CCC(C)CC1)C12C=C(C)C=C(OC3CCCN(CC(C4=CC=CC5CC45)c4ccccc4)C3)C1C2. The van der Waals surface area contributed by atoms with Crippen LogP contribution in [0, 0.1) is 29.1 Å². The highest BCUT2D eigenvalue weighted by Gasteiger charge is 2.58. The molecule has 0 spiro atoms. The van der Waals surface area contributed by atoms with Gasteiger partial charge >= 0.3 is 0 Å². The fraction of sp³-hybridized carbons (Fsp3) is 0.590. The average Bonchev–Trinajstić information content (AvgIpc) is 3.92. The summed E-state index contributed by atoms with van der Waals surface area (Å²) in [5.74, 6) is 4.68. The van der Waals surface area contributed by atoms with E-state index in [2.05, 4.69) is 90.9 Å². The molecule has 1 aromatic rings. The van der Waals surface area contributed by atoms with Crippen LogP contribution in [0.4, 0.5) is 0 Å². The zero-order chi connectivity index (χ0) is 28.7. The minimum Gasteiger partial charge on any atom is -0.493 e. The molecule has 4 fully saturated rings. The highest BCUT2D eigenvalue weighted by atomic mass is 16.5. The van der Waals surface area contributed by atoms with E-state index in [1.807, 2.05) is 0 Å². The maximum Gasteiger partial charge on any atom is 0.111 e. The molecular weight excluding hydrogens is 512 g/mol. The lowest BCUT2D eigenvalue weighted by molar-refractivity contribution is 0.0311. The molecule has 2 heterocycles. The molecule has 2 saturated carbocycles. The van der Waals surface area contributed by atoms with E-state index in [0.717, 1.165) is 43.7 Å². The van der Waals surface area contributed by atoms with Crippen LogP contribution in [0.1, 0.15) is 76.7 Å². The van der Waals surface area contributed by atoms with Crippen LogP contribution >= 0.6 is 0 Å². The Morgan fingerprint density at radius 1 is 1.10 bits per heavy atom. The van der Waals surface area contributed by atoms with E-state index in [1.165, 1.54) is 87.2 Å². The van der Waals surface area contributed by atoms with Crippen molar-refractivity contribution in [2.24, 2.45) is 29.1 Å². The van der Waals surface area contributed by atoms with E-state index in [0.29, 0.717) is 11.8 Å². The van der Waals surface area contributed by atoms with Crippen molar-refractivity contribution in [3.05, 3.63) is 95.3 Å². The molecule has 6 aliphatic rings. The molecule has 2 saturated heterocycles. The van der Waals surface area contributed by atoms with Crippen molar-refractivity contribution >= 4 is 0 Å². The van der Waals surface area contributed by atoms with Gasteiger partial charge in [0.15, 0.2) is 0 Å². The Kier molecular flexibility index (Phi) is 8.09. The number of allylic oxidation sites excluding steroid dienone is 8. The Hall–Kier alpha value is -2.36. The van der Waals surface area contributed by atoms with Gasteiger partial charge in [-0.1, -0.05) is 84.9 Å². The molecule has 0 aromatic heterocycles. The number of nitrogens with zero attached hydrogens (tertiary/aromatic N) is 2. The minimum absolute atomic E-state index is 0.152. The van der Waals surface area contributed by atoms with Gasteiger partial charge in [0.25, 0.3) is 0 Å². The zero-order valence-corrected chi connectivity index (χ0v) is 26.1. The van der Waals surface area contributed by atoms with Crippen LogP contribution in [0.2, 0.25) is 0 Å². The third kappa shape index (κ3) is 6.02. The third-order valence-electron chi connectivity index (χ3n) is 11.4. The average molecular weight is 565 g/mol. The van der Waals surface area contributed by atoms with E-state index >= 15 is 0 Å². The molecule has 224 valence electrons. The summed E-state index contributed by atoms with van der Waals surface area (Å²) in [5.41, 5.74) is 6.08. The molecule has 0 N–H and O–H groups in total. The highest BCUT2D eigenvalue weighted by Crippen LogP contribution is 2.65. The van der Waals surface area contributed by atoms with Crippen molar-refractivity contribution in [2.75, 3.05) is 39.3 Å². The smallest absolute Gasteiger partial charge is 0.111 e. The van der Waals surface area contributed by atoms with Crippen molar-refractivity contribution < 1.29 is 4.74 Å². The molecule has 4 aliphatic carbocycles. The summed E-state index contributed by atoms with van der Waals surface area (Å²) in [6.45, 7) is 16.4. The number of hydrogen-bond donors (Lipinski definition) is 0. The van der Waals surface area contributed by atoms with Crippen LogP contribution in [0.15, 0.2) is 89.8 Å². The summed E-state index contributed by atoms with van der Waals surface area (Å²) in [4.78, 5) is 5.38. The number of fused-ring (bicyclic) bond motifs is 2. The van der Waals surface area contributed by atoms with Crippen molar-refractivity contribution in [3.63, 3.8) is 0 Å². The van der Waals surface area contributed by atoms with E-state index < -0.39 is 0 Å². The van der Waals surface area contributed by atoms with Crippen molar-refractivity contribution in [1.82, 2.24) is 9.80 Å². The van der Waals surface area contributed by atoms with Crippen LogP contribution in [0.3, 0.4) is 0 Å². The molecule has 7 rings (SSSR count). The van der Waals surface area contributed by atoms with E-state index in [9.17, 15) is 0 Å². The second-order valence-corrected chi connectivity index (χ2v) is 14.6. The van der Waals surface area contributed by atoms with E-state index in [-0.39, 0.29) is 11.5 Å². The molecule has 0 radical (unpaired) electrons. The number of piperidine rings is 2. The number of ether oxygens (including phenoxy) is 1. The Labute approximate surface area is 255 Å². The monoisotopic (exact) mass is 564 g/mol. The number of rotatable bonds is 11. The quantitative estimate of drug-likeness (QED) is 0.251. The van der Waals surface area contributed by atoms with Crippen molar-refractivity contribution in [3.8, 4) is 0 Å². The van der Waals surface area contributed by atoms with Gasteiger partial charge in [-0.05, 0) is 114 Å². The molecule has 2 aliphatic heterocycles. The maximum atomic E-state index is 6.94. The van der Waals surface area contributed by atoms with Gasteiger partial charge in [-0.25, -0.2) is 0 Å². The van der Waals surface area contributed by atoms with Crippen LogP contribution in [0.5, 0.6) is 0 Å². The fourth-order valence-electron chi connectivity index (χ4n) is 8.64. The van der Waals surface area contributed by atoms with Gasteiger partial charge in [0.2, 0.25) is 0 Å². The summed E-state index contributed by atoms with van der Waals surface area (Å²) in [7, 11) is 0. The first-order valence-corrected chi connectivity index (χ1v) is 17.1. The molecule has 6 unspecified atom stereocenters. The van der Waals surface area contributed by atoms with E-state index in [1.54, 1.807) is 5.57 Å². The molecule has 3 nitrogen and oxygen atoms in total. The van der Waals surface area contributed by atoms with E-state index in [4.69, 9.17) is 4.74 Å². The maximum absolute atomic E-state index is 6.94. The zero-order valence-electron chi connectivity index (χ0n) is 26.1. The van der Waals surface area contributed by atoms with Crippen LogP contribution < -0.4 is 0 Å². The Morgan fingerprint density at radius 2 is 1.93 bits per heavy atom. The Bertz CT molecular complexity index is 1260. The lowest BCUT2D eigenvalue weighted by Gasteiger charge is -2.37. The predicted octanol–water partition coefficient (Wildman–Crippen LogP) is 8.30. The molecular formula is C39H52N2O. The Balaban J connectivity index is 0.958. The second-order valence-electron chi connectivity index (χ2n) is 14.6. The Morgan fingerprint density at radius 3 is 2.76 bits per heavy atom. The summed E-state index contributed by atoms with van der Waals surface area (Å²) in [5, 5.41) is 0. The molecule has 0 bridgehead atoms. The van der Waals surface area contributed by atoms with Gasteiger partial charge in [0.1, 0.15) is 11.9 Å². The van der Waals surface area contributed by atoms with Gasteiger partial charge in [0.05, 0.1) is 0 Å². The van der Waals surface area contributed by atoms with Gasteiger partial charge in [0, 0.05) is 30.3 Å². The lowest BCUT2D eigenvalue weighted by atomic mass is 9.85. The predicted molar refractivity (Wildman–Crippen MR) is 174 cm³/mol. The topological polar surface area (TPSA) is 15.7 Å². The summed E-state index contributed by atoms with van der Waals surface area (Å²) >= 11 is 0. The van der Waals surface area contributed by atoms with Gasteiger partial charge in [-0.3, -0.25) is 4.90 Å². The van der Waals surface area contributed by atoms with Crippen molar-refractivity contribution in [2.45, 2.75) is 77.2 Å². The van der Waals surface area contributed by atoms with Gasteiger partial charge in [-0.2, -0.15) is 0 Å². The first-order chi connectivity index (χ1) is 20.5. The molecule has 6 atom stereocenters. The molecule has 3 heteroatoms. The second kappa shape index (κ2) is 12.0. The third-order valence-corrected chi connectivity index (χ3v) is 11.4. The number of hydrogen-bond acceptors (Lipinski definition) is 3. The normalized spacial score (nSPS) is 33.5. The first kappa shape index (κ1) is 28.4. The largest absolute Gasteiger partial charge is 0.493 e. The molecule has 42 heavy (non-hydrogen) atoms. The van der Waals surface area contributed by atoms with Crippen LogP contribution in [-0.2, 0) is 4.74 Å². The number of benzene rings is 1. The standard InChI is InChI=1S/C39H52N2O/c1-28-16-20-40(21-17-28)18-8-10-30(3)39-24-29(2)22-38(37(39)25-39)42-33-14-9-19-41(26-33)27-36(31-11-5-4-6-12-31)34-15-7-13-32-23-35(32)34/h4-7,11-13,15,22,24,28,32-33,35-37H,3,8-10,14,16-21,23,25-27H2,1-2H3. The first-order valence-electron chi connectivity index (χ1n) is 17.1. The van der Waals surface area contributed by atoms with Crippen LogP contribution in [-0.4, -0.2) is 55.2 Å². The summed E-state index contributed by atoms with van der Waals surface area (Å²) in [6.07, 6.45) is 22.3. The fourth-order valence-corrected chi connectivity index (χ4v) is 8.64.